The molecule has 4 rings (SSSR count). The van der Waals surface area contributed by atoms with Gasteiger partial charge in [0.1, 0.15) is 5.82 Å². The second-order valence-electron chi connectivity index (χ2n) is 5.94. The number of nitrogens with zero attached hydrogens (tertiary/aromatic N) is 6. The molecule has 1 fully saturated rings. The van der Waals surface area contributed by atoms with Crippen molar-refractivity contribution in [1.29, 1.82) is 0 Å². The van der Waals surface area contributed by atoms with E-state index >= 15 is 0 Å². The zero-order chi connectivity index (χ0) is 16.9. The summed E-state index contributed by atoms with van der Waals surface area (Å²) in [5, 5.41) is 3.29. The van der Waals surface area contributed by atoms with Crippen molar-refractivity contribution >= 4 is 17.6 Å². The van der Waals surface area contributed by atoms with Crippen LogP contribution in [0.15, 0.2) is 55.2 Å². The molecule has 3 aromatic rings. The third kappa shape index (κ3) is 3.55. The molecule has 7 nitrogen and oxygen atoms in total. The molecule has 0 bridgehead atoms. The van der Waals surface area contributed by atoms with Crippen molar-refractivity contribution in [3.05, 3.63) is 60.9 Å². The largest absolute Gasteiger partial charge is 0.341 e. The molecule has 0 unspecified atom stereocenters. The molecule has 3 aromatic heterocycles. The Morgan fingerprint density at radius 2 is 1.56 bits per heavy atom. The van der Waals surface area contributed by atoms with Gasteiger partial charge >= 0.3 is 0 Å². The van der Waals surface area contributed by atoms with E-state index in [0.29, 0.717) is 5.92 Å². The van der Waals surface area contributed by atoms with Crippen molar-refractivity contribution < 1.29 is 0 Å². The summed E-state index contributed by atoms with van der Waals surface area (Å²) < 4.78 is 0. The molecule has 0 aromatic carbocycles. The van der Waals surface area contributed by atoms with Crippen LogP contribution in [0.25, 0.3) is 0 Å². The monoisotopic (exact) mass is 333 g/mol. The molecule has 126 valence electrons. The van der Waals surface area contributed by atoms with Crippen LogP contribution >= 0.6 is 0 Å². The van der Waals surface area contributed by atoms with Crippen LogP contribution in [0, 0.1) is 0 Å². The number of aromatic nitrogens is 5. The summed E-state index contributed by atoms with van der Waals surface area (Å²) in [6, 6.07) is 7.60. The van der Waals surface area contributed by atoms with Crippen LogP contribution in [0.4, 0.5) is 17.6 Å². The van der Waals surface area contributed by atoms with Crippen LogP contribution in [0.3, 0.4) is 0 Å². The lowest BCUT2D eigenvalue weighted by Gasteiger charge is -2.32. The molecule has 4 heterocycles. The Kier molecular flexibility index (Phi) is 4.45. The molecule has 1 aliphatic rings. The van der Waals surface area contributed by atoms with E-state index < -0.39 is 0 Å². The van der Waals surface area contributed by atoms with Crippen LogP contribution in [0.1, 0.15) is 24.5 Å². The SMILES string of the molecule is c1ccc(Nc2nccnc2C2CCN(c3ncccn3)CC2)nc1. The van der Waals surface area contributed by atoms with Gasteiger partial charge in [0, 0.05) is 50.0 Å². The number of pyridine rings is 1. The summed E-state index contributed by atoms with van der Waals surface area (Å²) in [6.07, 6.45) is 10.8. The zero-order valence-corrected chi connectivity index (χ0v) is 13.8. The van der Waals surface area contributed by atoms with E-state index in [0.717, 1.165) is 49.2 Å². The lowest BCUT2D eigenvalue weighted by Crippen LogP contribution is -2.34. The molecule has 7 heteroatoms. The highest BCUT2D eigenvalue weighted by atomic mass is 15.2. The fourth-order valence-electron chi connectivity index (χ4n) is 3.11. The normalized spacial score (nSPS) is 15.1. The first kappa shape index (κ1) is 15.4. The summed E-state index contributed by atoms with van der Waals surface area (Å²) in [5.41, 5.74) is 1.00. The zero-order valence-electron chi connectivity index (χ0n) is 13.8. The maximum atomic E-state index is 4.59. The second-order valence-corrected chi connectivity index (χ2v) is 5.94. The standard InChI is InChI=1S/C18H19N7/c1-2-7-19-15(4-1)24-17-16(20-10-11-21-17)14-5-12-25(13-6-14)18-22-8-3-9-23-18/h1-4,7-11,14H,5-6,12-13H2,(H,19,21,24). The van der Waals surface area contributed by atoms with Crippen molar-refractivity contribution in [3.8, 4) is 0 Å². The quantitative estimate of drug-likeness (QED) is 0.786. The van der Waals surface area contributed by atoms with Gasteiger partial charge in [-0.1, -0.05) is 6.07 Å². The van der Waals surface area contributed by atoms with Crippen LogP contribution in [-0.2, 0) is 0 Å². The van der Waals surface area contributed by atoms with Crippen LogP contribution in [0.5, 0.6) is 0 Å². The number of anilines is 3. The van der Waals surface area contributed by atoms with Gasteiger partial charge in [-0.05, 0) is 31.0 Å². The Morgan fingerprint density at radius 3 is 2.32 bits per heavy atom. The summed E-state index contributed by atoms with van der Waals surface area (Å²) in [7, 11) is 0. The van der Waals surface area contributed by atoms with Gasteiger partial charge < -0.3 is 10.2 Å². The predicted octanol–water partition coefficient (Wildman–Crippen LogP) is 2.79. The van der Waals surface area contributed by atoms with E-state index in [1.807, 2.05) is 24.3 Å². The summed E-state index contributed by atoms with van der Waals surface area (Å²) in [4.78, 5) is 24.3. The fraction of sp³-hybridized carbons (Fsp3) is 0.278. The van der Waals surface area contributed by atoms with Crippen molar-refractivity contribution in [2.24, 2.45) is 0 Å². The number of hydrogen-bond acceptors (Lipinski definition) is 7. The smallest absolute Gasteiger partial charge is 0.225 e. The molecule has 0 spiro atoms. The topological polar surface area (TPSA) is 79.7 Å². The van der Waals surface area contributed by atoms with E-state index in [1.165, 1.54) is 0 Å². The highest BCUT2D eigenvalue weighted by Crippen LogP contribution is 2.32. The summed E-state index contributed by atoms with van der Waals surface area (Å²) in [5.74, 6) is 2.72. The van der Waals surface area contributed by atoms with Gasteiger partial charge in [0.25, 0.3) is 0 Å². The van der Waals surface area contributed by atoms with E-state index in [-0.39, 0.29) is 0 Å². The number of piperidine rings is 1. The average Bonchev–Trinajstić information content (AvgIpc) is 2.70. The third-order valence-electron chi connectivity index (χ3n) is 4.35. The van der Waals surface area contributed by atoms with Gasteiger partial charge in [0.2, 0.25) is 5.95 Å². The van der Waals surface area contributed by atoms with Gasteiger partial charge in [0.05, 0.1) is 5.69 Å². The van der Waals surface area contributed by atoms with Crippen LogP contribution in [0.2, 0.25) is 0 Å². The molecule has 25 heavy (non-hydrogen) atoms. The van der Waals surface area contributed by atoms with Crippen LogP contribution < -0.4 is 10.2 Å². The molecular formula is C18H19N7. The molecule has 1 N–H and O–H groups in total. The van der Waals surface area contributed by atoms with Gasteiger partial charge in [-0.3, -0.25) is 4.98 Å². The molecule has 0 amide bonds. The number of hydrogen-bond donors (Lipinski definition) is 1. The van der Waals surface area contributed by atoms with E-state index in [2.05, 4.69) is 35.1 Å². The maximum Gasteiger partial charge on any atom is 0.225 e. The molecule has 0 aliphatic carbocycles. The highest BCUT2D eigenvalue weighted by molar-refractivity contribution is 5.54. The van der Waals surface area contributed by atoms with Gasteiger partial charge in [0.15, 0.2) is 5.82 Å². The Bertz CT molecular complexity index is 802. The molecule has 1 saturated heterocycles. The molecule has 0 saturated carbocycles. The van der Waals surface area contributed by atoms with Crippen molar-refractivity contribution in [2.45, 2.75) is 18.8 Å². The third-order valence-corrected chi connectivity index (χ3v) is 4.35. The predicted molar refractivity (Wildman–Crippen MR) is 95.8 cm³/mol. The molecule has 0 atom stereocenters. The average molecular weight is 333 g/mol. The lowest BCUT2D eigenvalue weighted by molar-refractivity contribution is 0.490. The van der Waals surface area contributed by atoms with Gasteiger partial charge in [-0.15, -0.1) is 0 Å². The first-order chi connectivity index (χ1) is 12.4. The second kappa shape index (κ2) is 7.21. The molecule has 0 radical (unpaired) electrons. The minimum atomic E-state index is 0.361. The first-order valence-corrected chi connectivity index (χ1v) is 8.41. The van der Waals surface area contributed by atoms with Crippen LogP contribution in [-0.4, -0.2) is 38.0 Å². The Labute approximate surface area is 146 Å². The Morgan fingerprint density at radius 1 is 0.800 bits per heavy atom. The maximum absolute atomic E-state index is 4.59. The van der Waals surface area contributed by atoms with Crippen molar-refractivity contribution in [3.63, 3.8) is 0 Å². The van der Waals surface area contributed by atoms with E-state index in [9.17, 15) is 0 Å². The van der Waals surface area contributed by atoms with Gasteiger partial charge in [-0.2, -0.15) is 0 Å². The minimum absolute atomic E-state index is 0.361. The van der Waals surface area contributed by atoms with Crippen molar-refractivity contribution in [1.82, 2.24) is 24.9 Å². The highest BCUT2D eigenvalue weighted by Gasteiger charge is 2.25. The van der Waals surface area contributed by atoms with E-state index in [4.69, 9.17) is 0 Å². The van der Waals surface area contributed by atoms with Gasteiger partial charge in [-0.25, -0.2) is 19.9 Å². The lowest BCUT2D eigenvalue weighted by atomic mass is 9.93. The Hall–Kier alpha value is -3.09. The number of nitrogens with one attached hydrogen (secondary N) is 1. The molecular weight excluding hydrogens is 314 g/mol. The fourth-order valence-corrected chi connectivity index (χ4v) is 3.11. The molecule has 1 aliphatic heterocycles. The summed E-state index contributed by atoms with van der Waals surface area (Å²) >= 11 is 0. The first-order valence-electron chi connectivity index (χ1n) is 8.41. The number of rotatable bonds is 4. The Balaban J connectivity index is 1.48. The van der Waals surface area contributed by atoms with Crippen molar-refractivity contribution in [2.75, 3.05) is 23.3 Å². The summed E-state index contributed by atoms with van der Waals surface area (Å²) in [6.45, 7) is 1.82. The minimum Gasteiger partial charge on any atom is -0.341 e. The van der Waals surface area contributed by atoms with E-state index in [1.54, 1.807) is 31.0 Å².